The Morgan fingerprint density at radius 3 is 2.32 bits per heavy atom. The largest absolute Gasteiger partial charge is 0.419 e. The van der Waals surface area contributed by atoms with Gasteiger partial charge in [0, 0.05) is 12.1 Å². The first-order valence-corrected chi connectivity index (χ1v) is 8.97. The fourth-order valence-corrected chi connectivity index (χ4v) is 3.13. The zero-order chi connectivity index (χ0) is 22.3. The summed E-state index contributed by atoms with van der Waals surface area (Å²) in [6.07, 6.45) is 0. The first kappa shape index (κ1) is 19.8. The smallest absolute Gasteiger partial charge is 0.277 e. The number of hydrogen-bond donors (Lipinski definition) is 0. The van der Waals surface area contributed by atoms with Crippen LogP contribution in [0.25, 0.3) is 22.5 Å². The third-order valence-corrected chi connectivity index (χ3v) is 4.60. The van der Waals surface area contributed by atoms with Crippen LogP contribution < -0.4 is 5.56 Å². The Morgan fingerprint density at radius 1 is 1.00 bits per heavy atom. The van der Waals surface area contributed by atoms with Crippen LogP contribution in [0.2, 0.25) is 0 Å². The number of benzene rings is 2. The van der Waals surface area contributed by atoms with Gasteiger partial charge in [-0.15, -0.1) is 10.2 Å². The molecular weight excluding hydrogens is 408 g/mol. The maximum atomic E-state index is 12.7. The summed E-state index contributed by atoms with van der Waals surface area (Å²) in [5.41, 5.74) is 1.17. The van der Waals surface area contributed by atoms with Crippen molar-refractivity contribution in [3.63, 3.8) is 0 Å². The number of nitrogens with zero attached hydrogens (tertiary/aromatic N) is 6. The Balaban J connectivity index is 1.77. The number of hydrogen-bond acceptors (Lipinski definition) is 9. The second-order valence-corrected chi connectivity index (χ2v) is 6.83. The molecule has 2 aromatic heterocycles. The van der Waals surface area contributed by atoms with E-state index >= 15 is 0 Å². The normalized spacial score (nSPS) is 11.0. The van der Waals surface area contributed by atoms with E-state index in [1.807, 2.05) is 19.1 Å². The molecule has 0 fully saturated rings. The molecule has 0 saturated carbocycles. The summed E-state index contributed by atoms with van der Waals surface area (Å²) >= 11 is 0. The zero-order valence-electron chi connectivity index (χ0n) is 16.3. The third-order valence-electron chi connectivity index (χ3n) is 4.60. The molecule has 0 bridgehead atoms. The zero-order valence-corrected chi connectivity index (χ0v) is 16.3. The lowest BCUT2D eigenvalue weighted by atomic mass is 10.2. The van der Waals surface area contributed by atoms with Crippen LogP contribution in [0.4, 0.5) is 11.4 Å². The second-order valence-electron chi connectivity index (χ2n) is 6.83. The minimum atomic E-state index is -0.748. The van der Waals surface area contributed by atoms with Crippen molar-refractivity contribution in [2.45, 2.75) is 20.4 Å². The van der Waals surface area contributed by atoms with Crippen LogP contribution in [-0.4, -0.2) is 29.6 Å². The van der Waals surface area contributed by atoms with Gasteiger partial charge in [-0.3, -0.25) is 29.6 Å². The summed E-state index contributed by atoms with van der Waals surface area (Å²) in [7, 11) is 0. The van der Waals surface area contributed by atoms with E-state index in [4.69, 9.17) is 4.42 Å². The van der Waals surface area contributed by atoms with Crippen LogP contribution in [-0.2, 0) is 6.54 Å². The molecule has 0 aliphatic rings. The van der Waals surface area contributed by atoms with Gasteiger partial charge in [0.2, 0.25) is 11.8 Å². The Kier molecular flexibility index (Phi) is 4.73. The Bertz CT molecular complexity index is 1390. The number of rotatable bonds is 5. The van der Waals surface area contributed by atoms with E-state index in [1.54, 1.807) is 13.0 Å². The van der Waals surface area contributed by atoms with E-state index in [0.717, 1.165) is 23.8 Å². The molecule has 0 aliphatic carbocycles. The van der Waals surface area contributed by atoms with Gasteiger partial charge in [-0.05, 0) is 31.5 Å². The van der Waals surface area contributed by atoms with Gasteiger partial charge in [0.25, 0.3) is 16.9 Å². The number of nitro groups is 2. The molecule has 0 spiro atoms. The predicted molar refractivity (Wildman–Crippen MR) is 108 cm³/mol. The molecule has 0 radical (unpaired) electrons. The molecular formula is C19H14N6O6. The summed E-state index contributed by atoms with van der Waals surface area (Å²) in [4.78, 5) is 37.7. The highest BCUT2D eigenvalue weighted by molar-refractivity contribution is 5.75. The lowest BCUT2D eigenvalue weighted by Crippen LogP contribution is -2.24. The molecule has 4 aromatic rings. The summed E-state index contributed by atoms with van der Waals surface area (Å²) in [6.45, 7) is 3.42. The monoisotopic (exact) mass is 422 g/mol. The quantitative estimate of drug-likeness (QED) is 0.348. The van der Waals surface area contributed by atoms with E-state index in [9.17, 15) is 25.0 Å². The van der Waals surface area contributed by atoms with Gasteiger partial charge in [-0.1, -0.05) is 6.07 Å². The van der Waals surface area contributed by atoms with Crippen molar-refractivity contribution in [2.24, 2.45) is 0 Å². The minimum absolute atomic E-state index is 0.0265. The van der Waals surface area contributed by atoms with E-state index < -0.39 is 21.2 Å². The molecule has 12 nitrogen and oxygen atoms in total. The van der Waals surface area contributed by atoms with E-state index in [2.05, 4.69) is 15.2 Å². The number of fused-ring (bicyclic) bond motifs is 1. The van der Waals surface area contributed by atoms with Crippen LogP contribution in [0.5, 0.6) is 0 Å². The Labute approximate surface area is 173 Å². The maximum Gasteiger partial charge on any atom is 0.277 e. The fraction of sp³-hybridized carbons (Fsp3) is 0.158. The second kappa shape index (κ2) is 7.40. The van der Waals surface area contributed by atoms with Crippen LogP contribution in [0.15, 0.2) is 45.6 Å². The van der Waals surface area contributed by atoms with Crippen molar-refractivity contribution in [2.75, 3.05) is 0 Å². The standard InChI is InChI=1S/C19H14N6O6/c1-10-3-4-15-16(5-10)23(19(26)11(2)20-15)9-17-21-22-18(31-17)12-6-13(24(27)28)8-14(7-12)25(29)30/h3-8H,9H2,1-2H3. The highest BCUT2D eigenvalue weighted by Gasteiger charge is 2.21. The number of aryl methyl sites for hydroxylation is 2. The van der Waals surface area contributed by atoms with Crippen molar-refractivity contribution in [1.29, 1.82) is 0 Å². The lowest BCUT2D eigenvalue weighted by Gasteiger charge is -2.09. The minimum Gasteiger partial charge on any atom is -0.419 e. The van der Waals surface area contributed by atoms with Crippen LogP contribution in [0, 0.1) is 34.1 Å². The Hall–Kier alpha value is -4.48. The van der Waals surface area contributed by atoms with Crippen molar-refractivity contribution < 1.29 is 14.3 Å². The molecule has 2 heterocycles. The van der Waals surface area contributed by atoms with Gasteiger partial charge in [0.1, 0.15) is 12.2 Å². The first-order valence-electron chi connectivity index (χ1n) is 8.97. The molecule has 2 aromatic carbocycles. The molecule has 0 aliphatic heterocycles. The lowest BCUT2D eigenvalue weighted by molar-refractivity contribution is -0.394. The summed E-state index contributed by atoms with van der Waals surface area (Å²) < 4.78 is 7.01. The molecule has 31 heavy (non-hydrogen) atoms. The van der Waals surface area contributed by atoms with E-state index in [-0.39, 0.29) is 29.4 Å². The fourth-order valence-electron chi connectivity index (χ4n) is 3.13. The number of aromatic nitrogens is 4. The SMILES string of the molecule is Cc1ccc2nc(C)c(=O)n(Cc3nnc(-c4cc([N+](=O)[O-])cc([N+](=O)[O-])c4)o3)c2c1. The Morgan fingerprint density at radius 2 is 1.68 bits per heavy atom. The summed E-state index contributed by atoms with van der Waals surface area (Å²) in [5, 5.41) is 29.9. The average molecular weight is 422 g/mol. The molecule has 12 heteroatoms. The molecule has 0 amide bonds. The summed E-state index contributed by atoms with van der Waals surface area (Å²) in [6, 6.07) is 8.54. The van der Waals surface area contributed by atoms with Gasteiger partial charge >= 0.3 is 0 Å². The van der Waals surface area contributed by atoms with Gasteiger partial charge in [-0.2, -0.15) is 0 Å². The summed E-state index contributed by atoms with van der Waals surface area (Å²) in [5.74, 6) is -0.0826. The van der Waals surface area contributed by atoms with Gasteiger partial charge in [-0.25, -0.2) is 4.98 Å². The van der Waals surface area contributed by atoms with E-state index in [0.29, 0.717) is 16.7 Å². The average Bonchev–Trinajstić information content (AvgIpc) is 3.20. The molecule has 0 N–H and O–H groups in total. The number of non-ortho nitro benzene ring substituents is 2. The number of nitro benzene ring substituents is 2. The molecule has 156 valence electrons. The van der Waals surface area contributed by atoms with Crippen LogP contribution >= 0.6 is 0 Å². The van der Waals surface area contributed by atoms with Crippen molar-refractivity contribution >= 4 is 22.4 Å². The molecule has 0 atom stereocenters. The molecule has 4 rings (SSSR count). The highest BCUT2D eigenvalue weighted by atomic mass is 16.6. The maximum absolute atomic E-state index is 12.7. The highest BCUT2D eigenvalue weighted by Crippen LogP contribution is 2.29. The van der Waals surface area contributed by atoms with Gasteiger partial charge in [0.15, 0.2) is 0 Å². The van der Waals surface area contributed by atoms with Crippen molar-refractivity contribution in [1.82, 2.24) is 19.7 Å². The van der Waals surface area contributed by atoms with Crippen LogP contribution in [0.1, 0.15) is 17.1 Å². The van der Waals surface area contributed by atoms with Crippen LogP contribution in [0.3, 0.4) is 0 Å². The van der Waals surface area contributed by atoms with Crippen molar-refractivity contribution in [3.05, 3.63) is 84.1 Å². The van der Waals surface area contributed by atoms with Gasteiger partial charge in [0.05, 0.1) is 32.5 Å². The predicted octanol–water partition coefficient (Wildman–Crippen LogP) is 2.93. The van der Waals surface area contributed by atoms with Crippen molar-refractivity contribution in [3.8, 4) is 11.5 Å². The molecule has 0 unspecified atom stereocenters. The topological polar surface area (TPSA) is 160 Å². The first-order chi connectivity index (χ1) is 14.7. The van der Waals surface area contributed by atoms with Gasteiger partial charge < -0.3 is 4.42 Å². The third kappa shape index (κ3) is 3.73. The molecule has 0 saturated heterocycles. The van der Waals surface area contributed by atoms with E-state index in [1.165, 1.54) is 4.57 Å².